The summed E-state index contributed by atoms with van der Waals surface area (Å²) >= 11 is 0. The zero-order chi connectivity index (χ0) is 16.3. The standard InChI is InChI=1S/C16H20N2O5/c19-15(12-4-6-13(7-5-12)18(20)21)17-10-14-11-22-16(23-14)8-2-1-3-9-16/h4-7,14H,1-3,8-11H2,(H,17,19)/t14-/m0/s1. The van der Waals surface area contributed by atoms with Gasteiger partial charge in [-0.15, -0.1) is 0 Å². The Hall–Kier alpha value is -1.99. The molecule has 0 aromatic heterocycles. The van der Waals surface area contributed by atoms with E-state index in [9.17, 15) is 14.9 Å². The van der Waals surface area contributed by atoms with Gasteiger partial charge in [0.1, 0.15) is 6.10 Å². The number of nitro groups is 1. The van der Waals surface area contributed by atoms with E-state index in [4.69, 9.17) is 9.47 Å². The van der Waals surface area contributed by atoms with Crippen LogP contribution < -0.4 is 5.32 Å². The van der Waals surface area contributed by atoms with Crippen LogP contribution in [0.3, 0.4) is 0 Å². The van der Waals surface area contributed by atoms with Crippen LogP contribution in [0.15, 0.2) is 24.3 Å². The molecule has 1 saturated heterocycles. The molecule has 1 heterocycles. The number of ether oxygens (including phenoxy) is 2. The van der Waals surface area contributed by atoms with Crippen molar-refractivity contribution in [3.63, 3.8) is 0 Å². The summed E-state index contributed by atoms with van der Waals surface area (Å²) in [6, 6.07) is 5.53. The first-order valence-electron chi connectivity index (χ1n) is 7.92. The molecule has 1 aromatic rings. The first-order chi connectivity index (χ1) is 11.1. The van der Waals surface area contributed by atoms with Crippen LogP contribution in [0.25, 0.3) is 0 Å². The normalized spacial score (nSPS) is 22.9. The van der Waals surface area contributed by atoms with Crippen molar-refractivity contribution in [3.8, 4) is 0 Å². The lowest BCUT2D eigenvalue weighted by Gasteiger charge is -2.31. The largest absolute Gasteiger partial charge is 0.349 e. The van der Waals surface area contributed by atoms with Gasteiger partial charge in [0.05, 0.1) is 11.5 Å². The minimum atomic E-state index is -0.491. The second-order valence-corrected chi connectivity index (χ2v) is 6.04. The van der Waals surface area contributed by atoms with Gasteiger partial charge in [0, 0.05) is 37.1 Å². The molecule has 7 heteroatoms. The Labute approximate surface area is 134 Å². The molecule has 1 aromatic carbocycles. The van der Waals surface area contributed by atoms with Crippen LogP contribution in [-0.2, 0) is 9.47 Å². The van der Waals surface area contributed by atoms with Gasteiger partial charge in [0.15, 0.2) is 5.79 Å². The van der Waals surface area contributed by atoms with Gasteiger partial charge in [-0.3, -0.25) is 14.9 Å². The summed E-state index contributed by atoms with van der Waals surface area (Å²) < 4.78 is 11.8. The van der Waals surface area contributed by atoms with Gasteiger partial charge in [0.2, 0.25) is 0 Å². The fourth-order valence-electron chi connectivity index (χ4n) is 3.11. The van der Waals surface area contributed by atoms with Gasteiger partial charge in [-0.25, -0.2) is 0 Å². The van der Waals surface area contributed by atoms with E-state index in [2.05, 4.69) is 5.32 Å². The lowest BCUT2D eigenvalue weighted by atomic mass is 9.94. The third-order valence-corrected chi connectivity index (χ3v) is 4.36. The smallest absolute Gasteiger partial charge is 0.269 e. The molecule has 2 aliphatic rings. The molecule has 2 fully saturated rings. The Morgan fingerprint density at radius 2 is 1.96 bits per heavy atom. The molecule has 1 N–H and O–H groups in total. The number of hydrogen-bond donors (Lipinski definition) is 1. The topological polar surface area (TPSA) is 90.7 Å². The molecule has 1 aliphatic heterocycles. The van der Waals surface area contributed by atoms with Gasteiger partial charge in [-0.05, 0) is 25.0 Å². The average Bonchev–Trinajstić information content (AvgIpc) is 2.96. The highest BCUT2D eigenvalue weighted by Gasteiger charge is 2.42. The zero-order valence-corrected chi connectivity index (χ0v) is 12.8. The number of nitro benzene ring substituents is 1. The van der Waals surface area contributed by atoms with Crippen LogP contribution in [0.4, 0.5) is 5.69 Å². The van der Waals surface area contributed by atoms with Crippen molar-refractivity contribution in [1.82, 2.24) is 5.32 Å². The quantitative estimate of drug-likeness (QED) is 0.679. The molecule has 0 radical (unpaired) electrons. The third-order valence-electron chi connectivity index (χ3n) is 4.36. The SMILES string of the molecule is O=C(NC[C@H]1COC2(CCCCC2)O1)c1ccc([N+](=O)[O-])cc1. The van der Waals surface area contributed by atoms with E-state index >= 15 is 0 Å². The average molecular weight is 320 g/mol. The van der Waals surface area contributed by atoms with Crippen molar-refractivity contribution in [1.29, 1.82) is 0 Å². The van der Waals surface area contributed by atoms with E-state index in [-0.39, 0.29) is 17.7 Å². The van der Waals surface area contributed by atoms with Crippen LogP contribution in [0.2, 0.25) is 0 Å². The summed E-state index contributed by atoms with van der Waals surface area (Å²) in [6.07, 6.45) is 5.13. The number of nitrogens with zero attached hydrogens (tertiary/aromatic N) is 1. The molecule has 124 valence electrons. The number of carbonyl (C=O) groups is 1. The number of hydrogen-bond acceptors (Lipinski definition) is 5. The van der Waals surface area contributed by atoms with Crippen LogP contribution in [-0.4, -0.2) is 35.9 Å². The highest BCUT2D eigenvalue weighted by Crippen LogP contribution is 2.37. The molecule has 1 spiro atoms. The van der Waals surface area contributed by atoms with Crippen molar-refractivity contribution in [3.05, 3.63) is 39.9 Å². The molecule has 23 heavy (non-hydrogen) atoms. The Balaban J connectivity index is 1.50. The maximum absolute atomic E-state index is 12.1. The molecule has 1 amide bonds. The lowest BCUT2D eigenvalue weighted by Crippen LogP contribution is -2.37. The highest BCUT2D eigenvalue weighted by molar-refractivity contribution is 5.94. The molecular weight excluding hydrogens is 300 g/mol. The van der Waals surface area contributed by atoms with E-state index in [1.54, 1.807) is 0 Å². The highest BCUT2D eigenvalue weighted by atomic mass is 16.7. The first-order valence-corrected chi connectivity index (χ1v) is 7.92. The van der Waals surface area contributed by atoms with Gasteiger partial charge < -0.3 is 14.8 Å². The maximum Gasteiger partial charge on any atom is 0.269 e. The van der Waals surface area contributed by atoms with Crippen LogP contribution in [0.1, 0.15) is 42.5 Å². The molecule has 3 rings (SSSR count). The summed E-state index contributed by atoms with van der Waals surface area (Å²) in [4.78, 5) is 22.2. The first kappa shape index (κ1) is 15.9. The molecule has 1 atom stereocenters. The predicted octanol–water partition coefficient (Wildman–Crippen LogP) is 2.40. The van der Waals surface area contributed by atoms with Crippen LogP contribution >= 0.6 is 0 Å². The Kier molecular flexibility index (Phi) is 4.58. The maximum atomic E-state index is 12.1. The van der Waals surface area contributed by atoms with E-state index in [1.165, 1.54) is 30.7 Å². The van der Waals surface area contributed by atoms with Gasteiger partial charge >= 0.3 is 0 Å². The number of nitrogens with one attached hydrogen (secondary N) is 1. The second kappa shape index (κ2) is 6.64. The molecule has 1 aliphatic carbocycles. The Morgan fingerprint density at radius 1 is 1.26 bits per heavy atom. The fourth-order valence-corrected chi connectivity index (χ4v) is 3.11. The summed E-state index contributed by atoms with van der Waals surface area (Å²) in [5.74, 6) is -0.714. The molecular formula is C16H20N2O5. The fraction of sp³-hybridized carbons (Fsp3) is 0.562. The minimum Gasteiger partial charge on any atom is -0.349 e. The van der Waals surface area contributed by atoms with Crippen molar-refractivity contribution in [2.45, 2.75) is 44.0 Å². The monoisotopic (exact) mass is 320 g/mol. The Bertz CT molecular complexity index is 581. The Morgan fingerprint density at radius 3 is 2.61 bits per heavy atom. The predicted molar refractivity (Wildman–Crippen MR) is 82.1 cm³/mol. The van der Waals surface area contributed by atoms with Crippen LogP contribution in [0, 0.1) is 10.1 Å². The lowest BCUT2D eigenvalue weighted by molar-refractivity contribution is -0.384. The van der Waals surface area contributed by atoms with Crippen LogP contribution in [0.5, 0.6) is 0 Å². The second-order valence-electron chi connectivity index (χ2n) is 6.04. The number of rotatable bonds is 4. The van der Waals surface area contributed by atoms with Crippen molar-refractivity contribution < 1.29 is 19.2 Å². The number of carbonyl (C=O) groups excluding carboxylic acids is 1. The summed E-state index contributed by atoms with van der Waals surface area (Å²) in [5.41, 5.74) is 0.357. The van der Waals surface area contributed by atoms with Crippen molar-refractivity contribution in [2.75, 3.05) is 13.2 Å². The zero-order valence-electron chi connectivity index (χ0n) is 12.8. The number of non-ortho nitro benzene ring substituents is 1. The summed E-state index contributed by atoms with van der Waals surface area (Å²) in [6.45, 7) is 0.859. The molecule has 0 unspecified atom stereocenters. The van der Waals surface area contributed by atoms with Gasteiger partial charge in [0.25, 0.3) is 11.6 Å². The molecule has 1 saturated carbocycles. The van der Waals surface area contributed by atoms with Crippen molar-refractivity contribution >= 4 is 11.6 Å². The summed E-state index contributed by atoms with van der Waals surface area (Å²) in [7, 11) is 0. The van der Waals surface area contributed by atoms with E-state index in [0.717, 1.165) is 25.7 Å². The number of benzene rings is 1. The van der Waals surface area contributed by atoms with Gasteiger partial charge in [-0.2, -0.15) is 0 Å². The van der Waals surface area contributed by atoms with E-state index in [1.807, 2.05) is 0 Å². The third kappa shape index (κ3) is 3.68. The number of amides is 1. The summed E-state index contributed by atoms with van der Waals surface area (Å²) in [5, 5.41) is 13.4. The molecule has 7 nitrogen and oxygen atoms in total. The molecule has 0 bridgehead atoms. The van der Waals surface area contributed by atoms with Gasteiger partial charge in [-0.1, -0.05) is 6.42 Å². The minimum absolute atomic E-state index is 0.0340. The van der Waals surface area contributed by atoms with E-state index < -0.39 is 10.7 Å². The van der Waals surface area contributed by atoms with Crippen molar-refractivity contribution in [2.24, 2.45) is 0 Å². The van der Waals surface area contributed by atoms with E-state index in [0.29, 0.717) is 18.7 Å².